The normalized spacial score (nSPS) is 11.4. The Labute approximate surface area is 108 Å². The standard InChI is InChI=1S/C8H11BrClN3O2S/c1-2-16(14,15)4-3-11-8-6(9)7(10)12-5-13-8/h5H,2-4H2,1H3,(H,11,12,13). The number of rotatable bonds is 5. The molecular formula is C8H11BrClN3O2S. The number of anilines is 1. The highest BCUT2D eigenvalue weighted by Crippen LogP contribution is 2.25. The lowest BCUT2D eigenvalue weighted by Gasteiger charge is -2.07. The van der Waals surface area contributed by atoms with E-state index >= 15 is 0 Å². The summed E-state index contributed by atoms with van der Waals surface area (Å²) >= 11 is 8.96. The molecule has 0 saturated heterocycles. The lowest BCUT2D eigenvalue weighted by atomic mass is 10.5. The molecule has 0 aliphatic heterocycles. The highest BCUT2D eigenvalue weighted by atomic mass is 79.9. The van der Waals surface area contributed by atoms with E-state index in [-0.39, 0.29) is 16.7 Å². The summed E-state index contributed by atoms with van der Waals surface area (Å²) in [5, 5.41) is 3.17. The minimum Gasteiger partial charge on any atom is -0.368 e. The molecule has 0 unspecified atom stereocenters. The molecule has 0 spiro atoms. The minimum atomic E-state index is -2.97. The molecule has 0 aliphatic rings. The van der Waals surface area contributed by atoms with Crippen LogP contribution in [0.5, 0.6) is 0 Å². The molecular weight excluding hydrogens is 318 g/mol. The number of halogens is 2. The molecule has 0 radical (unpaired) electrons. The van der Waals surface area contributed by atoms with E-state index in [4.69, 9.17) is 11.6 Å². The Hall–Kier alpha value is -0.400. The molecule has 1 N–H and O–H groups in total. The average molecular weight is 329 g/mol. The lowest BCUT2D eigenvalue weighted by Crippen LogP contribution is -2.17. The summed E-state index contributed by atoms with van der Waals surface area (Å²) in [5.74, 6) is 0.698. The fourth-order valence-electron chi connectivity index (χ4n) is 0.941. The molecule has 16 heavy (non-hydrogen) atoms. The molecule has 0 saturated carbocycles. The van der Waals surface area contributed by atoms with Gasteiger partial charge >= 0.3 is 0 Å². The van der Waals surface area contributed by atoms with Crippen LogP contribution in [-0.4, -0.2) is 36.4 Å². The zero-order valence-electron chi connectivity index (χ0n) is 8.57. The van der Waals surface area contributed by atoms with Crippen molar-refractivity contribution in [3.05, 3.63) is 16.0 Å². The molecule has 1 heterocycles. The second kappa shape index (κ2) is 5.79. The number of nitrogens with zero attached hydrogens (tertiary/aromatic N) is 2. The van der Waals surface area contributed by atoms with Crippen molar-refractivity contribution >= 4 is 43.2 Å². The van der Waals surface area contributed by atoms with Crippen molar-refractivity contribution in [2.45, 2.75) is 6.92 Å². The monoisotopic (exact) mass is 327 g/mol. The number of hydrogen-bond donors (Lipinski definition) is 1. The summed E-state index contributed by atoms with van der Waals surface area (Å²) in [6.45, 7) is 1.91. The Morgan fingerprint density at radius 3 is 2.81 bits per heavy atom. The first-order chi connectivity index (χ1) is 7.46. The average Bonchev–Trinajstić information content (AvgIpc) is 2.24. The van der Waals surface area contributed by atoms with Crippen LogP contribution < -0.4 is 5.32 Å². The summed E-state index contributed by atoms with van der Waals surface area (Å²) in [5.41, 5.74) is 0. The third-order valence-corrected chi connectivity index (χ3v) is 4.86. The highest BCUT2D eigenvalue weighted by Gasteiger charge is 2.09. The first kappa shape index (κ1) is 13.7. The van der Waals surface area contributed by atoms with Crippen molar-refractivity contribution < 1.29 is 8.42 Å². The Bertz CT molecular complexity index is 466. The van der Waals surface area contributed by atoms with E-state index in [0.29, 0.717) is 16.8 Å². The first-order valence-corrected chi connectivity index (χ1v) is 7.56. The smallest absolute Gasteiger partial charge is 0.151 e. The van der Waals surface area contributed by atoms with Crippen LogP contribution in [0.3, 0.4) is 0 Å². The van der Waals surface area contributed by atoms with Gasteiger partial charge in [0.1, 0.15) is 17.3 Å². The van der Waals surface area contributed by atoms with E-state index in [9.17, 15) is 8.42 Å². The lowest BCUT2D eigenvalue weighted by molar-refractivity contribution is 0.597. The van der Waals surface area contributed by atoms with Crippen molar-refractivity contribution in [3.8, 4) is 0 Å². The van der Waals surface area contributed by atoms with Gasteiger partial charge in [0.25, 0.3) is 0 Å². The topological polar surface area (TPSA) is 72.0 Å². The predicted molar refractivity (Wildman–Crippen MR) is 67.6 cm³/mol. The highest BCUT2D eigenvalue weighted by molar-refractivity contribution is 9.10. The zero-order chi connectivity index (χ0) is 12.2. The van der Waals surface area contributed by atoms with E-state index in [2.05, 4.69) is 31.2 Å². The van der Waals surface area contributed by atoms with Crippen molar-refractivity contribution in [1.29, 1.82) is 0 Å². The summed E-state index contributed by atoms with van der Waals surface area (Å²) < 4.78 is 23.0. The van der Waals surface area contributed by atoms with Crippen LogP contribution in [0.25, 0.3) is 0 Å². The Kier molecular flexibility index (Phi) is 4.94. The molecule has 90 valence electrons. The van der Waals surface area contributed by atoms with E-state index in [1.165, 1.54) is 6.33 Å². The van der Waals surface area contributed by atoms with Crippen LogP contribution in [-0.2, 0) is 9.84 Å². The molecule has 0 amide bonds. The first-order valence-electron chi connectivity index (χ1n) is 4.56. The van der Waals surface area contributed by atoms with E-state index in [1.54, 1.807) is 6.92 Å². The van der Waals surface area contributed by atoms with Gasteiger partial charge in [0.15, 0.2) is 9.84 Å². The molecule has 0 fully saturated rings. The summed E-state index contributed by atoms with van der Waals surface area (Å²) in [6, 6.07) is 0. The molecule has 1 aromatic rings. The molecule has 8 heteroatoms. The van der Waals surface area contributed by atoms with Gasteiger partial charge in [-0.1, -0.05) is 18.5 Å². The van der Waals surface area contributed by atoms with Crippen LogP contribution in [0.1, 0.15) is 6.92 Å². The van der Waals surface area contributed by atoms with Gasteiger partial charge in [0.2, 0.25) is 0 Å². The van der Waals surface area contributed by atoms with Crippen LogP contribution in [0.2, 0.25) is 5.15 Å². The van der Waals surface area contributed by atoms with Crippen LogP contribution in [0, 0.1) is 0 Å². The summed E-state index contributed by atoms with van der Waals surface area (Å²) in [7, 11) is -2.97. The van der Waals surface area contributed by atoms with Gasteiger partial charge in [-0.05, 0) is 15.9 Å². The Balaban J connectivity index is 2.59. The molecule has 0 atom stereocenters. The van der Waals surface area contributed by atoms with Crippen molar-refractivity contribution in [1.82, 2.24) is 9.97 Å². The number of sulfone groups is 1. The van der Waals surface area contributed by atoms with Crippen molar-refractivity contribution in [2.75, 3.05) is 23.4 Å². The Morgan fingerprint density at radius 1 is 1.50 bits per heavy atom. The van der Waals surface area contributed by atoms with Crippen LogP contribution in [0.15, 0.2) is 10.8 Å². The number of hydrogen-bond acceptors (Lipinski definition) is 5. The van der Waals surface area contributed by atoms with Gasteiger partial charge in [0.05, 0.1) is 10.2 Å². The fraction of sp³-hybridized carbons (Fsp3) is 0.500. The fourth-order valence-corrected chi connectivity index (χ4v) is 2.12. The maximum absolute atomic E-state index is 11.2. The molecule has 1 aromatic heterocycles. The second-order valence-corrected chi connectivity index (χ2v) is 6.61. The molecule has 5 nitrogen and oxygen atoms in total. The molecule has 0 bridgehead atoms. The van der Waals surface area contributed by atoms with Gasteiger partial charge in [-0.2, -0.15) is 0 Å². The third-order valence-electron chi connectivity index (χ3n) is 1.89. The maximum Gasteiger partial charge on any atom is 0.151 e. The largest absolute Gasteiger partial charge is 0.368 e. The zero-order valence-corrected chi connectivity index (χ0v) is 11.7. The van der Waals surface area contributed by atoms with E-state index < -0.39 is 9.84 Å². The minimum absolute atomic E-state index is 0.0670. The summed E-state index contributed by atoms with van der Waals surface area (Å²) in [4.78, 5) is 7.70. The van der Waals surface area contributed by atoms with Gasteiger partial charge in [-0.25, -0.2) is 18.4 Å². The summed E-state index contributed by atoms with van der Waals surface area (Å²) in [6.07, 6.45) is 1.31. The SMILES string of the molecule is CCS(=O)(=O)CCNc1ncnc(Cl)c1Br. The maximum atomic E-state index is 11.2. The van der Waals surface area contributed by atoms with E-state index in [0.717, 1.165) is 0 Å². The van der Waals surface area contributed by atoms with Gasteiger partial charge in [0, 0.05) is 12.3 Å². The van der Waals surface area contributed by atoms with Crippen LogP contribution >= 0.6 is 27.5 Å². The van der Waals surface area contributed by atoms with Gasteiger partial charge in [-0.3, -0.25) is 0 Å². The predicted octanol–water partition coefficient (Wildman–Crippen LogP) is 1.74. The number of nitrogens with one attached hydrogen (secondary N) is 1. The second-order valence-electron chi connectivity index (χ2n) is 2.99. The number of aromatic nitrogens is 2. The van der Waals surface area contributed by atoms with Gasteiger partial charge < -0.3 is 5.32 Å². The Morgan fingerprint density at radius 2 is 2.19 bits per heavy atom. The molecule has 1 rings (SSSR count). The van der Waals surface area contributed by atoms with Crippen molar-refractivity contribution in [3.63, 3.8) is 0 Å². The quantitative estimate of drug-likeness (QED) is 0.834. The molecule has 0 aliphatic carbocycles. The van der Waals surface area contributed by atoms with E-state index in [1.807, 2.05) is 0 Å². The molecule has 0 aromatic carbocycles. The third kappa shape index (κ3) is 3.88. The van der Waals surface area contributed by atoms with Gasteiger partial charge in [-0.15, -0.1) is 0 Å². The van der Waals surface area contributed by atoms with Crippen LogP contribution in [0.4, 0.5) is 5.82 Å². The van der Waals surface area contributed by atoms with Crippen molar-refractivity contribution in [2.24, 2.45) is 0 Å².